The lowest BCUT2D eigenvalue weighted by Gasteiger charge is -2.57. The Balaban J connectivity index is 2.39. The molecule has 3 aliphatic rings. The first-order valence-corrected chi connectivity index (χ1v) is 5.59. The van der Waals surface area contributed by atoms with E-state index in [1.54, 1.807) is 0 Å². The first-order chi connectivity index (χ1) is 7.43. The average Bonchev–Trinajstić information content (AvgIpc) is 2.80. The Morgan fingerprint density at radius 3 is 2.25 bits per heavy atom. The van der Waals surface area contributed by atoms with E-state index in [4.69, 9.17) is 9.47 Å². The molecule has 3 fully saturated rings. The van der Waals surface area contributed by atoms with Gasteiger partial charge in [0.25, 0.3) is 0 Å². The fourth-order valence-corrected chi connectivity index (χ4v) is 3.95. The predicted molar refractivity (Wildman–Crippen MR) is 56.5 cm³/mol. The van der Waals surface area contributed by atoms with Crippen molar-refractivity contribution in [2.24, 2.45) is 22.7 Å². The van der Waals surface area contributed by atoms with Crippen molar-refractivity contribution < 1.29 is 19.1 Å². The number of esters is 2. The van der Waals surface area contributed by atoms with E-state index in [1.165, 1.54) is 14.2 Å². The summed E-state index contributed by atoms with van der Waals surface area (Å²) in [6.45, 7) is 4.09. The lowest BCUT2D eigenvalue weighted by atomic mass is 9.44. The SMILES string of the molecule is COC(=O)[C@H]1[C@@H]2CC[C@@]1(C(=O)OC)C2(C)C. The largest absolute Gasteiger partial charge is 0.469 e. The van der Waals surface area contributed by atoms with Crippen LogP contribution in [0.4, 0.5) is 0 Å². The highest BCUT2D eigenvalue weighted by Gasteiger charge is 2.78. The first-order valence-electron chi connectivity index (χ1n) is 5.59. The predicted octanol–water partition coefficient (Wildman–Crippen LogP) is 1.38. The van der Waals surface area contributed by atoms with E-state index in [0.717, 1.165) is 12.8 Å². The van der Waals surface area contributed by atoms with Gasteiger partial charge in [-0.3, -0.25) is 9.59 Å². The molecule has 0 radical (unpaired) electrons. The summed E-state index contributed by atoms with van der Waals surface area (Å²) in [4.78, 5) is 23.7. The third-order valence-electron chi connectivity index (χ3n) is 4.86. The molecule has 3 saturated carbocycles. The van der Waals surface area contributed by atoms with Crippen LogP contribution in [0, 0.1) is 22.7 Å². The van der Waals surface area contributed by atoms with Gasteiger partial charge in [-0.2, -0.15) is 0 Å². The number of ether oxygens (including phenoxy) is 2. The molecule has 0 aromatic rings. The van der Waals surface area contributed by atoms with Crippen LogP contribution in [-0.4, -0.2) is 26.2 Å². The Morgan fingerprint density at radius 1 is 1.19 bits per heavy atom. The topological polar surface area (TPSA) is 52.6 Å². The van der Waals surface area contributed by atoms with Gasteiger partial charge in [0.15, 0.2) is 0 Å². The Hall–Kier alpha value is -1.06. The second kappa shape index (κ2) is 3.22. The van der Waals surface area contributed by atoms with Gasteiger partial charge in [0, 0.05) is 0 Å². The van der Waals surface area contributed by atoms with Crippen LogP contribution in [0.1, 0.15) is 26.7 Å². The molecular formula is C12H18O4. The van der Waals surface area contributed by atoms with Gasteiger partial charge in [-0.15, -0.1) is 0 Å². The highest BCUT2D eigenvalue weighted by molar-refractivity contribution is 5.90. The molecule has 16 heavy (non-hydrogen) atoms. The summed E-state index contributed by atoms with van der Waals surface area (Å²) in [6.07, 6.45) is 1.64. The zero-order chi connectivity index (χ0) is 12.1. The van der Waals surface area contributed by atoms with E-state index in [0.29, 0.717) is 0 Å². The number of carbonyl (C=O) groups excluding carboxylic acids is 2. The van der Waals surface area contributed by atoms with Crippen LogP contribution in [-0.2, 0) is 19.1 Å². The van der Waals surface area contributed by atoms with Crippen LogP contribution in [0.5, 0.6) is 0 Å². The maximum absolute atomic E-state index is 12.0. The van der Waals surface area contributed by atoms with Crippen LogP contribution in [0.15, 0.2) is 0 Å². The normalized spacial score (nSPS) is 38.8. The van der Waals surface area contributed by atoms with Gasteiger partial charge in [0.2, 0.25) is 0 Å². The Labute approximate surface area is 95.3 Å². The van der Waals surface area contributed by atoms with Gasteiger partial charge in [-0.1, -0.05) is 13.8 Å². The molecule has 3 aliphatic carbocycles. The molecule has 0 N–H and O–H groups in total. The van der Waals surface area contributed by atoms with E-state index in [9.17, 15) is 9.59 Å². The summed E-state index contributed by atoms with van der Waals surface area (Å²) in [5.74, 6) is -0.590. The van der Waals surface area contributed by atoms with Crippen molar-refractivity contribution >= 4 is 11.9 Å². The third kappa shape index (κ3) is 0.955. The van der Waals surface area contributed by atoms with Crippen LogP contribution in [0.2, 0.25) is 0 Å². The molecule has 0 saturated heterocycles. The molecule has 0 heterocycles. The third-order valence-corrected chi connectivity index (χ3v) is 4.86. The average molecular weight is 226 g/mol. The summed E-state index contributed by atoms with van der Waals surface area (Å²) >= 11 is 0. The summed E-state index contributed by atoms with van der Waals surface area (Å²) in [7, 11) is 2.76. The molecule has 2 bridgehead atoms. The summed E-state index contributed by atoms with van der Waals surface area (Å²) in [5, 5.41) is 0. The van der Waals surface area contributed by atoms with Crippen LogP contribution >= 0.6 is 0 Å². The van der Waals surface area contributed by atoms with E-state index in [1.807, 2.05) is 13.8 Å². The number of fused-ring (bicyclic) bond motifs is 1. The van der Waals surface area contributed by atoms with E-state index in [-0.39, 0.29) is 29.2 Å². The molecule has 4 nitrogen and oxygen atoms in total. The Bertz CT molecular complexity index is 347. The van der Waals surface area contributed by atoms with Crippen molar-refractivity contribution in [3.8, 4) is 0 Å². The second-order valence-corrected chi connectivity index (χ2v) is 5.33. The lowest BCUT2D eigenvalue weighted by Crippen LogP contribution is -2.63. The number of rotatable bonds is 2. The van der Waals surface area contributed by atoms with Crippen LogP contribution in [0.25, 0.3) is 0 Å². The fourth-order valence-electron chi connectivity index (χ4n) is 3.95. The highest BCUT2D eigenvalue weighted by Crippen LogP contribution is 2.74. The summed E-state index contributed by atoms with van der Waals surface area (Å²) in [5.41, 5.74) is -0.807. The smallest absolute Gasteiger partial charge is 0.313 e. The molecule has 0 unspecified atom stereocenters. The number of carbonyl (C=O) groups is 2. The van der Waals surface area contributed by atoms with Crippen molar-refractivity contribution in [3.63, 3.8) is 0 Å². The van der Waals surface area contributed by atoms with Crippen molar-refractivity contribution in [1.82, 2.24) is 0 Å². The van der Waals surface area contributed by atoms with Gasteiger partial charge >= 0.3 is 11.9 Å². The molecule has 3 atom stereocenters. The van der Waals surface area contributed by atoms with E-state index >= 15 is 0 Å². The van der Waals surface area contributed by atoms with E-state index in [2.05, 4.69) is 0 Å². The van der Waals surface area contributed by atoms with Crippen molar-refractivity contribution in [2.45, 2.75) is 26.7 Å². The minimum atomic E-state index is -0.653. The number of hydrogen-bond acceptors (Lipinski definition) is 4. The van der Waals surface area contributed by atoms with Crippen molar-refractivity contribution in [2.75, 3.05) is 14.2 Å². The summed E-state index contributed by atoms with van der Waals surface area (Å²) in [6, 6.07) is 0. The van der Waals surface area contributed by atoms with Gasteiger partial charge in [0.1, 0.15) is 0 Å². The second-order valence-electron chi connectivity index (χ2n) is 5.33. The van der Waals surface area contributed by atoms with Gasteiger partial charge < -0.3 is 9.47 Å². The van der Waals surface area contributed by atoms with Gasteiger partial charge in [0.05, 0.1) is 25.6 Å². The standard InChI is InChI=1S/C12H18O4/c1-11(2)7-5-6-12(11,10(14)16-4)8(7)9(13)15-3/h7-8H,5-6H2,1-4H3/t7-,8+,12+/m0/s1. The number of hydrogen-bond donors (Lipinski definition) is 0. The van der Waals surface area contributed by atoms with Crippen molar-refractivity contribution in [1.29, 1.82) is 0 Å². The molecule has 3 rings (SSSR count). The molecule has 0 aromatic carbocycles. The summed E-state index contributed by atoms with van der Waals surface area (Å²) < 4.78 is 9.69. The highest BCUT2D eigenvalue weighted by atomic mass is 16.5. The van der Waals surface area contributed by atoms with Gasteiger partial charge in [-0.05, 0) is 24.2 Å². The van der Waals surface area contributed by atoms with Crippen LogP contribution in [0.3, 0.4) is 0 Å². The van der Waals surface area contributed by atoms with E-state index < -0.39 is 5.41 Å². The first kappa shape index (κ1) is 11.4. The molecule has 0 amide bonds. The minimum Gasteiger partial charge on any atom is -0.469 e. The zero-order valence-corrected chi connectivity index (χ0v) is 10.2. The maximum Gasteiger partial charge on any atom is 0.313 e. The molecule has 90 valence electrons. The molecule has 0 aliphatic heterocycles. The number of methoxy groups -OCH3 is 2. The quantitative estimate of drug-likeness (QED) is 0.667. The van der Waals surface area contributed by atoms with Crippen molar-refractivity contribution in [3.05, 3.63) is 0 Å². The lowest BCUT2D eigenvalue weighted by molar-refractivity contribution is -0.204. The molecule has 0 aromatic heterocycles. The monoisotopic (exact) mass is 226 g/mol. The Morgan fingerprint density at radius 2 is 1.81 bits per heavy atom. The molecular weight excluding hydrogens is 208 g/mol. The van der Waals surface area contributed by atoms with Gasteiger partial charge in [-0.25, -0.2) is 0 Å². The van der Waals surface area contributed by atoms with Crippen LogP contribution < -0.4 is 0 Å². The Kier molecular flexibility index (Phi) is 2.30. The molecule has 4 heteroatoms. The molecule has 0 spiro atoms. The maximum atomic E-state index is 12.0. The fraction of sp³-hybridized carbons (Fsp3) is 0.833. The zero-order valence-electron chi connectivity index (χ0n) is 10.2. The minimum absolute atomic E-state index is 0.154.